The number of nitrogens with zero attached hydrogens (tertiary/aromatic N) is 1. The van der Waals surface area contributed by atoms with Crippen LogP contribution in [0.3, 0.4) is 0 Å². The standard InChI is InChI=1S/C11H22N2O2.C2H6/c1-11(2,3)15-10(14)13-6-5-9(8-13)7-12-4;1-2/h9,12H,5-8H2,1-4H3;1-2H3. The van der Waals surface area contributed by atoms with Crippen LogP contribution >= 0.6 is 0 Å². The van der Waals surface area contributed by atoms with Gasteiger partial charge in [0.05, 0.1) is 0 Å². The molecular formula is C13H28N2O2. The molecule has 0 aliphatic carbocycles. The maximum atomic E-state index is 11.7. The average molecular weight is 244 g/mol. The first kappa shape index (κ1) is 16.2. The van der Waals surface area contributed by atoms with E-state index in [1.54, 1.807) is 4.90 Å². The molecule has 1 heterocycles. The molecule has 1 saturated heterocycles. The van der Waals surface area contributed by atoms with Crippen LogP contribution in [0.4, 0.5) is 4.79 Å². The largest absolute Gasteiger partial charge is 0.444 e. The minimum absolute atomic E-state index is 0.180. The molecule has 17 heavy (non-hydrogen) atoms. The van der Waals surface area contributed by atoms with E-state index in [0.29, 0.717) is 5.92 Å². The van der Waals surface area contributed by atoms with Crippen LogP contribution in [0.25, 0.3) is 0 Å². The van der Waals surface area contributed by atoms with E-state index < -0.39 is 5.60 Å². The van der Waals surface area contributed by atoms with Gasteiger partial charge in [0.15, 0.2) is 0 Å². The van der Waals surface area contributed by atoms with Crippen molar-refractivity contribution in [3.8, 4) is 0 Å². The molecule has 0 saturated carbocycles. The normalized spacial score (nSPS) is 19.6. The van der Waals surface area contributed by atoms with Crippen molar-refractivity contribution in [3.05, 3.63) is 0 Å². The molecule has 1 atom stereocenters. The lowest BCUT2D eigenvalue weighted by Crippen LogP contribution is -2.36. The second kappa shape index (κ2) is 7.54. The zero-order chi connectivity index (χ0) is 13.5. The smallest absolute Gasteiger partial charge is 0.410 e. The summed E-state index contributed by atoms with van der Waals surface area (Å²) >= 11 is 0. The Morgan fingerprint density at radius 2 is 2.00 bits per heavy atom. The fourth-order valence-electron chi connectivity index (χ4n) is 1.78. The van der Waals surface area contributed by atoms with Crippen LogP contribution in [0.1, 0.15) is 41.0 Å². The fraction of sp³-hybridized carbons (Fsp3) is 0.923. The first-order valence-electron chi connectivity index (χ1n) is 6.55. The highest BCUT2D eigenvalue weighted by Gasteiger charge is 2.29. The monoisotopic (exact) mass is 244 g/mol. The number of hydrogen-bond donors (Lipinski definition) is 1. The highest BCUT2D eigenvalue weighted by Crippen LogP contribution is 2.18. The van der Waals surface area contributed by atoms with Crippen LogP contribution < -0.4 is 5.32 Å². The van der Waals surface area contributed by atoms with Crippen LogP contribution in [0, 0.1) is 5.92 Å². The summed E-state index contributed by atoms with van der Waals surface area (Å²) in [6.07, 6.45) is 0.890. The topological polar surface area (TPSA) is 41.6 Å². The minimum atomic E-state index is -0.391. The molecular weight excluding hydrogens is 216 g/mol. The molecule has 4 nitrogen and oxygen atoms in total. The first-order chi connectivity index (χ1) is 7.92. The third-order valence-corrected chi connectivity index (χ3v) is 2.43. The Morgan fingerprint density at radius 3 is 2.47 bits per heavy atom. The Labute approximate surface area is 106 Å². The molecule has 1 fully saturated rings. The van der Waals surface area contributed by atoms with Gasteiger partial charge < -0.3 is 15.0 Å². The van der Waals surface area contributed by atoms with Crippen LogP contribution in [-0.2, 0) is 4.74 Å². The summed E-state index contributed by atoms with van der Waals surface area (Å²) < 4.78 is 5.31. The van der Waals surface area contributed by atoms with E-state index in [-0.39, 0.29) is 6.09 Å². The summed E-state index contributed by atoms with van der Waals surface area (Å²) in [5.74, 6) is 0.572. The summed E-state index contributed by atoms with van der Waals surface area (Å²) in [6, 6.07) is 0. The van der Waals surface area contributed by atoms with Gasteiger partial charge >= 0.3 is 6.09 Å². The Balaban J connectivity index is 0.00000121. The van der Waals surface area contributed by atoms with E-state index in [2.05, 4.69) is 5.32 Å². The number of amides is 1. The quantitative estimate of drug-likeness (QED) is 0.811. The Hall–Kier alpha value is -0.770. The molecule has 1 unspecified atom stereocenters. The van der Waals surface area contributed by atoms with Gasteiger partial charge in [0.2, 0.25) is 0 Å². The van der Waals surface area contributed by atoms with E-state index in [0.717, 1.165) is 26.1 Å². The zero-order valence-corrected chi connectivity index (χ0v) is 12.2. The highest BCUT2D eigenvalue weighted by atomic mass is 16.6. The third kappa shape index (κ3) is 6.51. The molecule has 0 aromatic carbocycles. The number of rotatable bonds is 2. The zero-order valence-electron chi connectivity index (χ0n) is 12.2. The minimum Gasteiger partial charge on any atom is -0.444 e. The number of nitrogens with one attached hydrogen (secondary N) is 1. The van der Waals surface area contributed by atoms with Crippen LogP contribution in [-0.4, -0.2) is 43.3 Å². The van der Waals surface area contributed by atoms with E-state index >= 15 is 0 Å². The van der Waals surface area contributed by atoms with Gasteiger partial charge in [0.25, 0.3) is 0 Å². The molecule has 0 bridgehead atoms. The van der Waals surface area contributed by atoms with Crippen molar-refractivity contribution in [2.75, 3.05) is 26.7 Å². The number of carbonyl (C=O) groups excluding carboxylic acids is 1. The lowest BCUT2D eigenvalue weighted by Gasteiger charge is -2.24. The summed E-state index contributed by atoms with van der Waals surface area (Å²) in [5.41, 5.74) is -0.391. The van der Waals surface area contributed by atoms with Gasteiger partial charge in [-0.15, -0.1) is 0 Å². The molecule has 102 valence electrons. The summed E-state index contributed by atoms with van der Waals surface area (Å²) in [5, 5.41) is 3.14. The Morgan fingerprint density at radius 1 is 1.41 bits per heavy atom. The summed E-state index contributed by atoms with van der Waals surface area (Å²) in [7, 11) is 1.94. The molecule has 1 N–H and O–H groups in total. The molecule has 0 aromatic heterocycles. The molecule has 0 aromatic rings. The van der Waals surface area contributed by atoms with Gasteiger partial charge in [0.1, 0.15) is 5.60 Å². The van der Waals surface area contributed by atoms with Crippen LogP contribution in [0.2, 0.25) is 0 Å². The second-order valence-corrected chi connectivity index (χ2v) is 5.14. The highest BCUT2D eigenvalue weighted by molar-refractivity contribution is 5.68. The van der Waals surface area contributed by atoms with Crippen molar-refractivity contribution in [2.45, 2.75) is 46.6 Å². The van der Waals surface area contributed by atoms with Crippen molar-refractivity contribution in [1.82, 2.24) is 10.2 Å². The molecule has 0 radical (unpaired) electrons. The van der Waals surface area contributed by atoms with Crippen molar-refractivity contribution >= 4 is 6.09 Å². The molecule has 1 rings (SSSR count). The number of hydrogen-bond acceptors (Lipinski definition) is 3. The van der Waals surface area contributed by atoms with Crippen molar-refractivity contribution in [3.63, 3.8) is 0 Å². The Bertz CT molecular complexity index is 224. The number of likely N-dealkylation sites (tertiary alicyclic amines) is 1. The average Bonchev–Trinajstić information content (AvgIpc) is 2.67. The number of ether oxygens (including phenoxy) is 1. The van der Waals surface area contributed by atoms with Gasteiger partial charge in [0, 0.05) is 13.1 Å². The van der Waals surface area contributed by atoms with Gasteiger partial charge in [-0.25, -0.2) is 4.79 Å². The van der Waals surface area contributed by atoms with Crippen LogP contribution in [0.15, 0.2) is 0 Å². The maximum Gasteiger partial charge on any atom is 0.410 e. The van der Waals surface area contributed by atoms with Gasteiger partial charge in [-0.1, -0.05) is 13.8 Å². The maximum absolute atomic E-state index is 11.7. The number of carbonyl (C=O) groups is 1. The van der Waals surface area contributed by atoms with Crippen molar-refractivity contribution in [1.29, 1.82) is 0 Å². The first-order valence-corrected chi connectivity index (χ1v) is 6.55. The van der Waals surface area contributed by atoms with Gasteiger partial charge in [-0.3, -0.25) is 0 Å². The molecule has 4 heteroatoms. The molecule has 1 aliphatic heterocycles. The van der Waals surface area contributed by atoms with Crippen LogP contribution in [0.5, 0.6) is 0 Å². The Kier molecular flexibility index (Phi) is 7.19. The lowest BCUT2D eigenvalue weighted by atomic mass is 10.1. The van der Waals surface area contributed by atoms with Crippen molar-refractivity contribution in [2.24, 2.45) is 5.92 Å². The second-order valence-electron chi connectivity index (χ2n) is 5.14. The van der Waals surface area contributed by atoms with E-state index in [1.807, 2.05) is 41.7 Å². The predicted molar refractivity (Wildman–Crippen MR) is 71.2 cm³/mol. The van der Waals surface area contributed by atoms with E-state index in [9.17, 15) is 4.79 Å². The lowest BCUT2D eigenvalue weighted by molar-refractivity contribution is 0.0288. The fourth-order valence-corrected chi connectivity index (χ4v) is 1.78. The molecule has 0 spiro atoms. The molecule has 1 aliphatic rings. The summed E-state index contributed by atoms with van der Waals surface area (Å²) in [6.45, 7) is 12.3. The van der Waals surface area contributed by atoms with E-state index in [1.165, 1.54) is 0 Å². The van der Waals surface area contributed by atoms with Gasteiger partial charge in [-0.2, -0.15) is 0 Å². The summed E-state index contributed by atoms with van der Waals surface area (Å²) in [4.78, 5) is 13.5. The molecule has 1 amide bonds. The SMILES string of the molecule is CC.CNCC1CCN(C(=O)OC(C)(C)C)C1. The van der Waals surface area contributed by atoms with Crippen molar-refractivity contribution < 1.29 is 9.53 Å². The third-order valence-electron chi connectivity index (χ3n) is 2.43. The van der Waals surface area contributed by atoms with E-state index in [4.69, 9.17) is 4.74 Å². The predicted octanol–water partition coefficient (Wildman–Crippen LogP) is 2.49. The van der Waals surface area contributed by atoms with Gasteiger partial charge in [-0.05, 0) is 46.7 Å².